The highest BCUT2D eigenvalue weighted by atomic mass is 16.3. The van der Waals surface area contributed by atoms with Crippen LogP contribution in [0, 0.1) is 13.8 Å². The van der Waals surface area contributed by atoms with E-state index in [1.165, 1.54) is 10.5 Å². The van der Waals surface area contributed by atoms with Gasteiger partial charge in [0.15, 0.2) is 0 Å². The molecule has 0 aliphatic rings. The second-order valence-electron chi connectivity index (χ2n) is 6.20. The SMILES string of the molecule is Cc1cc(C)c2cc(C(=O)N(C)CC(C)(C)O)[nH]c2c1. The number of H-pyrrole nitrogens is 1. The van der Waals surface area contributed by atoms with Crippen LogP contribution in [0.4, 0.5) is 0 Å². The number of aromatic nitrogens is 1. The number of fused-ring (bicyclic) bond motifs is 1. The molecular formula is C16H22N2O2. The monoisotopic (exact) mass is 274 g/mol. The molecule has 0 aliphatic heterocycles. The van der Waals surface area contributed by atoms with Crippen molar-refractivity contribution in [3.63, 3.8) is 0 Å². The number of nitrogens with one attached hydrogen (secondary N) is 1. The van der Waals surface area contributed by atoms with Crippen molar-refractivity contribution in [2.75, 3.05) is 13.6 Å². The lowest BCUT2D eigenvalue weighted by Crippen LogP contribution is -2.39. The number of aliphatic hydroxyl groups is 1. The summed E-state index contributed by atoms with van der Waals surface area (Å²) in [6.07, 6.45) is 0. The molecule has 108 valence electrons. The van der Waals surface area contributed by atoms with Gasteiger partial charge in [-0.1, -0.05) is 6.07 Å². The molecular weight excluding hydrogens is 252 g/mol. The molecule has 1 aromatic heterocycles. The highest BCUT2D eigenvalue weighted by molar-refractivity contribution is 5.98. The summed E-state index contributed by atoms with van der Waals surface area (Å²) in [7, 11) is 1.70. The van der Waals surface area contributed by atoms with Gasteiger partial charge < -0.3 is 15.0 Å². The van der Waals surface area contributed by atoms with E-state index in [0.29, 0.717) is 12.2 Å². The first kappa shape index (κ1) is 14.6. The van der Waals surface area contributed by atoms with Gasteiger partial charge in [-0.05, 0) is 51.0 Å². The lowest BCUT2D eigenvalue weighted by atomic mass is 10.1. The lowest BCUT2D eigenvalue weighted by molar-refractivity contribution is 0.0365. The molecule has 0 aliphatic carbocycles. The van der Waals surface area contributed by atoms with Crippen molar-refractivity contribution in [3.05, 3.63) is 35.0 Å². The van der Waals surface area contributed by atoms with Gasteiger partial charge in [0.1, 0.15) is 5.69 Å². The summed E-state index contributed by atoms with van der Waals surface area (Å²) in [5, 5.41) is 10.9. The minimum Gasteiger partial charge on any atom is -0.389 e. The number of nitrogens with zero attached hydrogens (tertiary/aromatic N) is 1. The number of hydrogen-bond acceptors (Lipinski definition) is 2. The Kier molecular flexibility index (Phi) is 3.61. The fourth-order valence-corrected chi connectivity index (χ4v) is 2.57. The number of aryl methyl sites for hydroxylation is 2. The zero-order valence-electron chi connectivity index (χ0n) is 12.7. The number of amides is 1. The van der Waals surface area contributed by atoms with E-state index in [9.17, 15) is 9.90 Å². The van der Waals surface area contributed by atoms with Gasteiger partial charge in [0.25, 0.3) is 5.91 Å². The van der Waals surface area contributed by atoms with Crippen LogP contribution in [-0.4, -0.2) is 40.1 Å². The number of likely N-dealkylation sites (N-methyl/N-ethyl adjacent to an activating group) is 1. The molecule has 0 fully saturated rings. The molecule has 0 unspecified atom stereocenters. The molecule has 0 atom stereocenters. The Morgan fingerprint density at radius 3 is 2.55 bits per heavy atom. The van der Waals surface area contributed by atoms with Crippen molar-refractivity contribution >= 4 is 16.8 Å². The normalized spacial score (nSPS) is 11.9. The van der Waals surface area contributed by atoms with Crippen molar-refractivity contribution in [1.82, 2.24) is 9.88 Å². The van der Waals surface area contributed by atoms with E-state index < -0.39 is 5.60 Å². The highest BCUT2D eigenvalue weighted by Crippen LogP contribution is 2.22. The molecule has 0 saturated heterocycles. The number of aromatic amines is 1. The van der Waals surface area contributed by atoms with E-state index in [-0.39, 0.29) is 5.91 Å². The van der Waals surface area contributed by atoms with E-state index in [0.717, 1.165) is 16.5 Å². The Labute approximate surface area is 119 Å². The fraction of sp³-hybridized carbons (Fsp3) is 0.438. The molecule has 2 N–H and O–H groups in total. The topological polar surface area (TPSA) is 56.3 Å². The first-order chi connectivity index (χ1) is 9.17. The Morgan fingerprint density at radius 2 is 1.95 bits per heavy atom. The van der Waals surface area contributed by atoms with Crippen LogP contribution in [0.3, 0.4) is 0 Å². The molecule has 1 heterocycles. The molecule has 4 nitrogen and oxygen atoms in total. The number of rotatable bonds is 3. The average Bonchev–Trinajstić information content (AvgIpc) is 2.69. The Morgan fingerprint density at radius 1 is 1.30 bits per heavy atom. The van der Waals surface area contributed by atoms with Gasteiger partial charge in [0, 0.05) is 24.5 Å². The fourth-order valence-electron chi connectivity index (χ4n) is 2.57. The molecule has 20 heavy (non-hydrogen) atoms. The quantitative estimate of drug-likeness (QED) is 0.904. The smallest absolute Gasteiger partial charge is 0.270 e. The summed E-state index contributed by atoms with van der Waals surface area (Å²) in [6, 6.07) is 6.02. The maximum atomic E-state index is 12.4. The third-order valence-corrected chi connectivity index (χ3v) is 3.29. The van der Waals surface area contributed by atoms with Gasteiger partial charge in [0.2, 0.25) is 0 Å². The summed E-state index contributed by atoms with van der Waals surface area (Å²) in [6.45, 7) is 7.75. The average molecular weight is 274 g/mol. The van der Waals surface area contributed by atoms with Crippen LogP contribution < -0.4 is 0 Å². The molecule has 0 radical (unpaired) electrons. The van der Waals surface area contributed by atoms with Crippen LogP contribution in [0.1, 0.15) is 35.5 Å². The number of benzene rings is 1. The van der Waals surface area contributed by atoms with Crippen LogP contribution >= 0.6 is 0 Å². The van der Waals surface area contributed by atoms with Gasteiger partial charge in [-0.25, -0.2) is 0 Å². The van der Waals surface area contributed by atoms with E-state index in [1.54, 1.807) is 20.9 Å². The first-order valence-electron chi connectivity index (χ1n) is 6.75. The molecule has 0 saturated carbocycles. The summed E-state index contributed by atoms with van der Waals surface area (Å²) in [5.74, 6) is -0.111. The summed E-state index contributed by atoms with van der Waals surface area (Å²) in [5.41, 5.74) is 2.95. The van der Waals surface area contributed by atoms with E-state index in [2.05, 4.69) is 11.1 Å². The Balaban J connectivity index is 2.34. The Hall–Kier alpha value is -1.81. The summed E-state index contributed by atoms with van der Waals surface area (Å²) < 4.78 is 0. The molecule has 0 bridgehead atoms. The number of hydrogen-bond donors (Lipinski definition) is 2. The van der Waals surface area contributed by atoms with E-state index in [1.807, 2.05) is 26.0 Å². The zero-order valence-corrected chi connectivity index (χ0v) is 12.7. The minimum atomic E-state index is -0.900. The number of carbonyl (C=O) groups excluding carboxylic acids is 1. The zero-order chi connectivity index (χ0) is 15.1. The Bertz CT molecular complexity index is 650. The third kappa shape index (κ3) is 3.02. The summed E-state index contributed by atoms with van der Waals surface area (Å²) in [4.78, 5) is 17.1. The maximum absolute atomic E-state index is 12.4. The second kappa shape index (κ2) is 4.94. The van der Waals surface area contributed by atoms with E-state index >= 15 is 0 Å². The predicted octanol–water partition coefficient (Wildman–Crippen LogP) is 2.63. The van der Waals surface area contributed by atoms with Crippen LogP contribution in [0.5, 0.6) is 0 Å². The highest BCUT2D eigenvalue weighted by Gasteiger charge is 2.21. The van der Waals surface area contributed by atoms with Gasteiger partial charge in [-0.3, -0.25) is 4.79 Å². The van der Waals surface area contributed by atoms with Gasteiger partial charge >= 0.3 is 0 Å². The molecule has 1 aromatic carbocycles. The van der Waals surface area contributed by atoms with Crippen LogP contribution in [0.2, 0.25) is 0 Å². The lowest BCUT2D eigenvalue weighted by Gasteiger charge is -2.25. The predicted molar refractivity (Wildman–Crippen MR) is 81.0 cm³/mol. The molecule has 2 aromatic rings. The number of carbonyl (C=O) groups is 1. The first-order valence-corrected chi connectivity index (χ1v) is 6.75. The van der Waals surface area contributed by atoms with Crippen molar-refractivity contribution in [1.29, 1.82) is 0 Å². The van der Waals surface area contributed by atoms with Crippen LogP contribution in [0.15, 0.2) is 18.2 Å². The molecule has 2 rings (SSSR count). The largest absolute Gasteiger partial charge is 0.389 e. The van der Waals surface area contributed by atoms with Gasteiger partial charge in [0.05, 0.1) is 5.60 Å². The maximum Gasteiger partial charge on any atom is 0.270 e. The van der Waals surface area contributed by atoms with Crippen LogP contribution in [-0.2, 0) is 0 Å². The van der Waals surface area contributed by atoms with E-state index in [4.69, 9.17) is 0 Å². The third-order valence-electron chi connectivity index (χ3n) is 3.29. The summed E-state index contributed by atoms with van der Waals surface area (Å²) >= 11 is 0. The van der Waals surface area contributed by atoms with Crippen molar-refractivity contribution in [2.24, 2.45) is 0 Å². The standard InChI is InChI=1S/C16H22N2O2/c1-10-6-11(2)12-8-14(17-13(12)7-10)15(19)18(5)9-16(3,4)20/h6-8,17,20H,9H2,1-5H3. The molecule has 1 amide bonds. The van der Waals surface area contributed by atoms with Crippen molar-refractivity contribution in [3.8, 4) is 0 Å². The van der Waals surface area contributed by atoms with Crippen molar-refractivity contribution < 1.29 is 9.90 Å². The molecule has 0 spiro atoms. The van der Waals surface area contributed by atoms with Gasteiger partial charge in [-0.15, -0.1) is 0 Å². The van der Waals surface area contributed by atoms with Crippen LogP contribution in [0.25, 0.3) is 10.9 Å². The van der Waals surface area contributed by atoms with Crippen molar-refractivity contribution in [2.45, 2.75) is 33.3 Å². The van der Waals surface area contributed by atoms with Gasteiger partial charge in [-0.2, -0.15) is 0 Å². The second-order valence-corrected chi connectivity index (χ2v) is 6.20. The molecule has 4 heteroatoms. The minimum absolute atomic E-state index is 0.111.